The number of halogens is 2. The summed E-state index contributed by atoms with van der Waals surface area (Å²) in [6.45, 7) is 1.71. The fourth-order valence-corrected chi connectivity index (χ4v) is 1.81. The molecule has 0 unspecified atom stereocenters. The van der Waals surface area contributed by atoms with Gasteiger partial charge in [-0.25, -0.2) is 13.8 Å². The van der Waals surface area contributed by atoms with Gasteiger partial charge in [0.25, 0.3) is 0 Å². The molecule has 2 heterocycles. The van der Waals surface area contributed by atoms with E-state index in [1.165, 1.54) is 18.3 Å². The van der Waals surface area contributed by atoms with Gasteiger partial charge in [0.1, 0.15) is 11.6 Å². The minimum atomic E-state index is -0.626. The molecule has 0 saturated heterocycles. The van der Waals surface area contributed by atoms with E-state index in [9.17, 15) is 8.78 Å². The largest absolute Gasteiger partial charge is 0.439 e. The Balaban J connectivity index is 2.18. The van der Waals surface area contributed by atoms with Crippen molar-refractivity contribution < 1.29 is 13.2 Å². The van der Waals surface area contributed by atoms with Crippen LogP contribution in [0.5, 0.6) is 0 Å². The average Bonchev–Trinajstić information content (AvgIpc) is 2.66. The van der Waals surface area contributed by atoms with Crippen LogP contribution in [-0.4, -0.2) is 9.97 Å². The van der Waals surface area contributed by atoms with E-state index in [4.69, 9.17) is 4.42 Å². The Morgan fingerprint density at radius 1 is 1.00 bits per heavy atom. The van der Waals surface area contributed by atoms with Crippen LogP contribution < -0.4 is 0 Å². The lowest BCUT2D eigenvalue weighted by atomic mass is 10.1. The number of fused-ring (bicyclic) bond motifs is 1. The summed E-state index contributed by atoms with van der Waals surface area (Å²) in [5.74, 6) is -0.752. The fourth-order valence-electron chi connectivity index (χ4n) is 1.81. The van der Waals surface area contributed by atoms with E-state index in [0.717, 1.165) is 6.07 Å². The minimum Gasteiger partial charge on any atom is -0.439 e. The molecule has 0 saturated carbocycles. The highest BCUT2D eigenvalue weighted by atomic mass is 19.1. The molecule has 5 heteroatoms. The topological polar surface area (TPSA) is 38.9 Å². The summed E-state index contributed by atoms with van der Waals surface area (Å²) in [5.41, 5.74) is 1.97. The number of oxazole rings is 1. The number of benzene rings is 1. The lowest BCUT2D eigenvalue weighted by Crippen LogP contribution is -1.85. The highest BCUT2D eigenvalue weighted by Gasteiger charge is 2.08. The van der Waals surface area contributed by atoms with Gasteiger partial charge in [-0.05, 0) is 23.8 Å². The molecule has 0 atom stereocenters. The number of hydrogen-bond donors (Lipinski definition) is 0. The van der Waals surface area contributed by atoms with Crippen molar-refractivity contribution in [3.63, 3.8) is 0 Å². The van der Waals surface area contributed by atoms with Crippen LogP contribution in [0.2, 0.25) is 0 Å². The average molecular weight is 246 g/mol. The number of rotatable bonds is 1. The maximum atomic E-state index is 13.1. The molecule has 0 N–H and O–H groups in total. The summed E-state index contributed by atoms with van der Waals surface area (Å²) in [6.07, 6.45) is 1.51. The SMILES string of the molecule is Cc1nc2ncc(-c3cc(F)cc(F)c3)cc2o1. The van der Waals surface area contributed by atoms with Gasteiger partial charge in [0.05, 0.1) is 0 Å². The lowest BCUT2D eigenvalue weighted by molar-refractivity contribution is 0.561. The molecule has 0 fully saturated rings. The van der Waals surface area contributed by atoms with Gasteiger partial charge in [-0.1, -0.05) is 0 Å². The lowest BCUT2D eigenvalue weighted by Gasteiger charge is -2.01. The Morgan fingerprint density at radius 3 is 2.44 bits per heavy atom. The van der Waals surface area contributed by atoms with E-state index in [1.807, 2.05) is 0 Å². The number of aromatic nitrogens is 2. The molecule has 2 aromatic heterocycles. The van der Waals surface area contributed by atoms with Gasteiger partial charge in [-0.2, -0.15) is 4.98 Å². The quantitative estimate of drug-likeness (QED) is 0.659. The van der Waals surface area contributed by atoms with E-state index < -0.39 is 11.6 Å². The number of pyridine rings is 1. The molecule has 0 amide bonds. The first-order valence-corrected chi connectivity index (χ1v) is 5.31. The molecule has 0 radical (unpaired) electrons. The summed E-state index contributed by atoms with van der Waals surface area (Å²) >= 11 is 0. The van der Waals surface area contributed by atoms with E-state index >= 15 is 0 Å². The first-order chi connectivity index (χ1) is 8.61. The molecule has 0 spiro atoms. The fraction of sp³-hybridized carbons (Fsp3) is 0.0769. The number of aryl methyl sites for hydroxylation is 1. The van der Waals surface area contributed by atoms with Gasteiger partial charge in [-0.15, -0.1) is 0 Å². The summed E-state index contributed by atoms with van der Waals surface area (Å²) in [7, 11) is 0. The predicted molar refractivity (Wildman–Crippen MR) is 61.9 cm³/mol. The molecule has 3 aromatic rings. The normalized spacial score (nSPS) is 11.1. The third kappa shape index (κ3) is 1.84. The Labute approximate surface area is 101 Å². The Morgan fingerprint density at radius 2 is 1.72 bits per heavy atom. The highest BCUT2D eigenvalue weighted by Crippen LogP contribution is 2.24. The van der Waals surface area contributed by atoms with Gasteiger partial charge in [-0.3, -0.25) is 0 Å². The van der Waals surface area contributed by atoms with Crippen molar-refractivity contribution in [1.82, 2.24) is 9.97 Å². The van der Waals surface area contributed by atoms with Crippen LogP contribution in [0.1, 0.15) is 5.89 Å². The van der Waals surface area contributed by atoms with Crippen molar-refractivity contribution in [2.45, 2.75) is 6.92 Å². The highest BCUT2D eigenvalue weighted by molar-refractivity contribution is 5.76. The second kappa shape index (κ2) is 3.87. The molecule has 0 aliphatic carbocycles. The zero-order valence-electron chi connectivity index (χ0n) is 9.45. The third-order valence-electron chi connectivity index (χ3n) is 2.55. The standard InChI is InChI=1S/C13H8F2N2O/c1-7-17-13-12(18-7)4-9(6-16-13)8-2-10(14)5-11(15)3-8/h2-6H,1H3. The van der Waals surface area contributed by atoms with E-state index in [0.29, 0.717) is 28.2 Å². The van der Waals surface area contributed by atoms with Crippen LogP contribution in [0.4, 0.5) is 8.78 Å². The van der Waals surface area contributed by atoms with Gasteiger partial charge >= 0.3 is 0 Å². The molecule has 0 aliphatic heterocycles. The molecular formula is C13H8F2N2O. The van der Waals surface area contributed by atoms with Crippen molar-refractivity contribution in [2.24, 2.45) is 0 Å². The van der Waals surface area contributed by atoms with Crippen LogP contribution in [0.3, 0.4) is 0 Å². The summed E-state index contributed by atoms with van der Waals surface area (Å²) < 4.78 is 31.6. The van der Waals surface area contributed by atoms with E-state index in [2.05, 4.69) is 9.97 Å². The van der Waals surface area contributed by atoms with Crippen molar-refractivity contribution in [3.05, 3.63) is 48.0 Å². The Hall–Kier alpha value is -2.30. The third-order valence-corrected chi connectivity index (χ3v) is 2.55. The van der Waals surface area contributed by atoms with Crippen molar-refractivity contribution in [1.29, 1.82) is 0 Å². The van der Waals surface area contributed by atoms with Crippen LogP contribution in [-0.2, 0) is 0 Å². The van der Waals surface area contributed by atoms with Gasteiger partial charge in [0.15, 0.2) is 17.1 Å². The van der Waals surface area contributed by atoms with Crippen LogP contribution in [0.15, 0.2) is 34.9 Å². The molecule has 1 aromatic carbocycles. The van der Waals surface area contributed by atoms with Crippen molar-refractivity contribution in [3.8, 4) is 11.1 Å². The Bertz CT molecular complexity index is 717. The minimum absolute atomic E-state index is 0.413. The van der Waals surface area contributed by atoms with Gasteiger partial charge in [0, 0.05) is 24.8 Å². The van der Waals surface area contributed by atoms with Crippen LogP contribution in [0, 0.1) is 18.6 Å². The van der Waals surface area contributed by atoms with Gasteiger partial charge in [0.2, 0.25) is 0 Å². The smallest absolute Gasteiger partial charge is 0.198 e. The first-order valence-electron chi connectivity index (χ1n) is 5.31. The van der Waals surface area contributed by atoms with E-state index in [-0.39, 0.29) is 0 Å². The number of nitrogens with zero attached hydrogens (tertiary/aromatic N) is 2. The monoisotopic (exact) mass is 246 g/mol. The van der Waals surface area contributed by atoms with Crippen molar-refractivity contribution >= 4 is 11.2 Å². The molecule has 18 heavy (non-hydrogen) atoms. The summed E-state index contributed by atoms with van der Waals surface area (Å²) in [6, 6.07) is 4.98. The number of hydrogen-bond acceptors (Lipinski definition) is 3. The molecule has 0 bridgehead atoms. The van der Waals surface area contributed by atoms with Gasteiger partial charge < -0.3 is 4.42 Å². The van der Waals surface area contributed by atoms with Crippen LogP contribution in [0.25, 0.3) is 22.4 Å². The molecule has 90 valence electrons. The first kappa shape index (κ1) is 10.8. The predicted octanol–water partition coefficient (Wildman–Crippen LogP) is 3.48. The second-order valence-corrected chi connectivity index (χ2v) is 3.94. The maximum Gasteiger partial charge on any atom is 0.198 e. The maximum absolute atomic E-state index is 13.1. The van der Waals surface area contributed by atoms with E-state index in [1.54, 1.807) is 13.0 Å². The van der Waals surface area contributed by atoms with Crippen LogP contribution >= 0.6 is 0 Å². The van der Waals surface area contributed by atoms with Crippen molar-refractivity contribution in [2.75, 3.05) is 0 Å². The molecule has 3 nitrogen and oxygen atoms in total. The summed E-state index contributed by atoms with van der Waals surface area (Å²) in [5, 5.41) is 0. The molecular weight excluding hydrogens is 238 g/mol. The summed E-state index contributed by atoms with van der Waals surface area (Å²) in [4.78, 5) is 8.15. The zero-order valence-corrected chi connectivity index (χ0v) is 9.45. The molecule has 3 rings (SSSR count). The Kier molecular flexibility index (Phi) is 2.33. The molecule has 0 aliphatic rings. The zero-order chi connectivity index (χ0) is 12.7. The second-order valence-electron chi connectivity index (χ2n) is 3.94.